The maximum absolute atomic E-state index is 11.7. The molecular weight excluding hydrogens is 272 g/mol. The van der Waals surface area contributed by atoms with Gasteiger partial charge in [-0.05, 0) is 44.2 Å². The first kappa shape index (κ1) is 16.2. The Morgan fingerprint density at radius 3 is 2.55 bits per heavy atom. The second kappa shape index (κ2) is 6.75. The Balaban J connectivity index is 1.97. The van der Waals surface area contributed by atoms with Crippen molar-refractivity contribution in [1.29, 1.82) is 0 Å². The van der Waals surface area contributed by atoms with Gasteiger partial charge >= 0.3 is 0 Å². The highest BCUT2D eigenvalue weighted by molar-refractivity contribution is 7.91. The molecule has 2 aliphatic rings. The summed E-state index contributed by atoms with van der Waals surface area (Å²) in [5.74, 6) is 1.57. The van der Waals surface area contributed by atoms with E-state index in [0.717, 1.165) is 38.5 Å². The van der Waals surface area contributed by atoms with Gasteiger partial charge in [0.25, 0.3) is 0 Å². The molecule has 1 saturated heterocycles. The van der Waals surface area contributed by atoms with Gasteiger partial charge in [-0.25, -0.2) is 8.42 Å². The maximum atomic E-state index is 11.7. The highest BCUT2D eigenvalue weighted by Gasteiger charge is 2.35. The van der Waals surface area contributed by atoms with Crippen molar-refractivity contribution in [2.75, 3.05) is 44.7 Å². The van der Waals surface area contributed by atoms with E-state index in [4.69, 9.17) is 0 Å². The van der Waals surface area contributed by atoms with Gasteiger partial charge in [-0.3, -0.25) is 0 Å². The molecule has 0 aromatic carbocycles. The number of rotatable bonds is 4. The van der Waals surface area contributed by atoms with Crippen LogP contribution in [0.2, 0.25) is 0 Å². The highest BCUT2D eigenvalue weighted by atomic mass is 32.2. The summed E-state index contributed by atoms with van der Waals surface area (Å²) >= 11 is 0. The van der Waals surface area contributed by atoms with Gasteiger partial charge in [-0.15, -0.1) is 0 Å². The third-order valence-corrected chi connectivity index (χ3v) is 6.81. The molecule has 1 aliphatic carbocycles. The topological polar surface area (TPSA) is 49.4 Å². The van der Waals surface area contributed by atoms with Crippen molar-refractivity contribution in [2.24, 2.45) is 11.3 Å². The van der Waals surface area contributed by atoms with Crippen molar-refractivity contribution in [3.63, 3.8) is 0 Å². The number of hydrogen-bond donors (Lipinski definition) is 1. The van der Waals surface area contributed by atoms with Crippen LogP contribution in [0, 0.1) is 11.3 Å². The predicted molar refractivity (Wildman–Crippen MR) is 83.7 cm³/mol. The van der Waals surface area contributed by atoms with Crippen LogP contribution in [0.5, 0.6) is 0 Å². The Bertz CT molecular complexity index is 400. The Hall–Kier alpha value is -0.130. The molecule has 1 heterocycles. The van der Waals surface area contributed by atoms with E-state index in [1.54, 1.807) is 0 Å². The lowest BCUT2D eigenvalue weighted by molar-refractivity contribution is 0.0921. The first-order valence-corrected chi connectivity index (χ1v) is 9.84. The molecule has 2 fully saturated rings. The Morgan fingerprint density at radius 1 is 1.20 bits per heavy atom. The quantitative estimate of drug-likeness (QED) is 0.855. The second-order valence-corrected chi connectivity index (χ2v) is 9.30. The average Bonchev–Trinajstić information content (AvgIpc) is 2.55. The van der Waals surface area contributed by atoms with E-state index in [9.17, 15) is 8.42 Å². The van der Waals surface area contributed by atoms with E-state index in [1.165, 1.54) is 25.7 Å². The summed E-state index contributed by atoms with van der Waals surface area (Å²) in [5, 5.41) is 3.37. The minimum atomic E-state index is -2.79. The first-order valence-electron chi connectivity index (χ1n) is 8.02. The summed E-state index contributed by atoms with van der Waals surface area (Å²) in [5.41, 5.74) is 0.357. The van der Waals surface area contributed by atoms with E-state index in [2.05, 4.69) is 17.1 Å². The van der Waals surface area contributed by atoms with E-state index < -0.39 is 9.84 Å². The van der Waals surface area contributed by atoms with Crippen LogP contribution < -0.4 is 5.32 Å². The smallest absolute Gasteiger partial charge is 0.151 e. The minimum Gasteiger partial charge on any atom is -0.319 e. The summed E-state index contributed by atoms with van der Waals surface area (Å²) in [7, 11) is -0.757. The number of hydrogen-bond acceptors (Lipinski definition) is 4. The fourth-order valence-electron chi connectivity index (χ4n) is 3.76. The lowest BCUT2D eigenvalue weighted by atomic mass is 9.70. The molecule has 0 bridgehead atoms. The molecule has 0 atom stereocenters. The molecule has 20 heavy (non-hydrogen) atoms. The largest absolute Gasteiger partial charge is 0.319 e. The molecule has 1 aliphatic heterocycles. The monoisotopic (exact) mass is 302 g/mol. The van der Waals surface area contributed by atoms with Gasteiger partial charge in [0.1, 0.15) is 0 Å². The first-order chi connectivity index (χ1) is 9.45. The molecule has 0 aromatic rings. The molecule has 118 valence electrons. The maximum Gasteiger partial charge on any atom is 0.151 e. The van der Waals surface area contributed by atoms with Gasteiger partial charge < -0.3 is 10.2 Å². The summed E-state index contributed by atoms with van der Waals surface area (Å²) in [6, 6.07) is 0. The van der Waals surface area contributed by atoms with Gasteiger partial charge in [0.2, 0.25) is 0 Å². The molecule has 5 heteroatoms. The van der Waals surface area contributed by atoms with Crippen LogP contribution in [0.1, 0.15) is 39.0 Å². The Labute approximate surface area is 124 Å². The van der Waals surface area contributed by atoms with Crippen molar-refractivity contribution >= 4 is 9.84 Å². The SMILES string of the molecule is CNCC1(CN2CCCS(=O)(=O)CC2)CCC(C)CC1. The van der Waals surface area contributed by atoms with Crippen LogP contribution in [0.3, 0.4) is 0 Å². The fraction of sp³-hybridized carbons (Fsp3) is 1.00. The average molecular weight is 302 g/mol. The zero-order valence-electron chi connectivity index (χ0n) is 13.0. The van der Waals surface area contributed by atoms with Gasteiger partial charge in [0.15, 0.2) is 9.84 Å². The van der Waals surface area contributed by atoms with Crippen molar-refractivity contribution in [3.8, 4) is 0 Å². The van der Waals surface area contributed by atoms with Crippen LogP contribution in [-0.4, -0.2) is 58.1 Å². The van der Waals surface area contributed by atoms with Crippen LogP contribution in [0.4, 0.5) is 0 Å². The lowest BCUT2D eigenvalue weighted by Gasteiger charge is -2.42. The van der Waals surface area contributed by atoms with Gasteiger partial charge in [-0.1, -0.05) is 19.8 Å². The van der Waals surface area contributed by atoms with Crippen LogP contribution in [0.25, 0.3) is 0 Å². The standard InChI is InChI=1S/C15H30N2O2S/c1-14-4-6-15(7-5-14,12-16-2)13-17-8-3-10-20(18,19)11-9-17/h14,16H,3-13H2,1-2H3. The van der Waals surface area contributed by atoms with Gasteiger partial charge in [0, 0.05) is 19.6 Å². The van der Waals surface area contributed by atoms with Crippen molar-refractivity contribution in [2.45, 2.75) is 39.0 Å². The number of nitrogens with one attached hydrogen (secondary N) is 1. The Morgan fingerprint density at radius 2 is 1.90 bits per heavy atom. The van der Waals surface area contributed by atoms with Crippen molar-refractivity contribution in [1.82, 2.24) is 10.2 Å². The van der Waals surface area contributed by atoms with Crippen LogP contribution >= 0.6 is 0 Å². The van der Waals surface area contributed by atoms with E-state index in [0.29, 0.717) is 16.9 Å². The third kappa shape index (κ3) is 4.43. The molecule has 0 radical (unpaired) electrons. The minimum absolute atomic E-state index is 0.346. The summed E-state index contributed by atoms with van der Waals surface area (Å²) < 4.78 is 23.4. The molecule has 0 aromatic heterocycles. The Kier molecular flexibility index (Phi) is 5.49. The van der Waals surface area contributed by atoms with E-state index in [1.807, 2.05) is 7.05 Å². The highest BCUT2D eigenvalue weighted by Crippen LogP contribution is 2.39. The van der Waals surface area contributed by atoms with Crippen LogP contribution in [0.15, 0.2) is 0 Å². The van der Waals surface area contributed by atoms with Gasteiger partial charge in [0.05, 0.1) is 11.5 Å². The predicted octanol–water partition coefficient (Wildman–Crippen LogP) is 1.52. The zero-order valence-corrected chi connectivity index (χ0v) is 13.8. The number of sulfone groups is 1. The molecule has 1 saturated carbocycles. The number of nitrogens with zero attached hydrogens (tertiary/aromatic N) is 1. The second-order valence-electron chi connectivity index (χ2n) is 6.99. The zero-order chi connectivity index (χ0) is 14.6. The van der Waals surface area contributed by atoms with Crippen molar-refractivity contribution in [3.05, 3.63) is 0 Å². The summed E-state index contributed by atoms with van der Waals surface area (Å²) in [4.78, 5) is 2.40. The van der Waals surface area contributed by atoms with Gasteiger partial charge in [-0.2, -0.15) is 0 Å². The van der Waals surface area contributed by atoms with E-state index in [-0.39, 0.29) is 0 Å². The lowest BCUT2D eigenvalue weighted by Crippen LogP contribution is -2.46. The molecule has 1 N–H and O–H groups in total. The molecule has 4 nitrogen and oxygen atoms in total. The molecule has 0 amide bonds. The third-order valence-electron chi connectivity index (χ3n) is 5.09. The summed E-state index contributed by atoms with van der Waals surface area (Å²) in [6.45, 7) is 6.14. The molecule has 0 unspecified atom stereocenters. The van der Waals surface area contributed by atoms with Crippen molar-refractivity contribution < 1.29 is 8.42 Å². The molecular formula is C15H30N2O2S. The summed E-state index contributed by atoms with van der Waals surface area (Å²) in [6.07, 6.45) is 5.98. The fourth-order valence-corrected chi connectivity index (χ4v) is 5.07. The van der Waals surface area contributed by atoms with Crippen LogP contribution in [-0.2, 0) is 9.84 Å². The van der Waals surface area contributed by atoms with E-state index >= 15 is 0 Å². The normalized spacial score (nSPS) is 35.6. The molecule has 2 rings (SSSR count). The molecule has 0 spiro atoms.